The zero-order valence-electron chi connectivity index (χ0n) is 10.7. The number of aromatic nitrogens is 1. The predicted octanol–water partition coefficient (Wildman–Crippen LogP) is 0.767. The molecule has 112 valence electrons. The van der Waals surface area contributed by atoms with Gasteiger partial charge in [0.05, 0.1) is 5.51 Å². The number of thiazole rings is 1. The van der Waals surface area contributed by atoms with E-state index in [-0.39, 0.29) is 23.4 Å². The first kappa shape index (κ1) is 15.4. The molecule has 9 heteroatoms. The van der Waals surface area contributed by atoms with Crippen molar-refractivity contribution in [2.75, 3.05) is 13.2 Å². The number of rotatable bonds is 7. The van der Waals surface area contributed by atoms with Crippen LogP contribution in [0.3, 0.4) is 0 Å². The summed E-state index contributed by atoms with van der Waals surface area (Å²) >= 11 is 0.815. The molecule has 0 unspecified atom stereocenters. The Morgan fingerprint density at radius 2 is 2.20 bits per heavy atom. The fourth-order valence-corrected chi connectivity index (χ4v) is 5.05. The van der Waals surface area contributed by atoms with Crippen LogP contribution >= 0.6 is 11.3 Å². The number of nitrogens with zero attached hydrogens (tertiary/aromatic N) is 2. The zero-order valence-corrected chi connectivity index (χ0v) is 12.4. The molecule has 1 heterocycles. The summed E-state index contributed by atoms with van der Waals surface area (Å²) in [5.41, 5.74) is 0.796. The second-order valence-corrected chi connectivity index (χ2v) is 7.51. The quantitative estimate of drug-likeness (QED) is 0.768. The molecule has 0 radical (unpaired) electrons. The van der Waals surface area contributed by atoms with Crippen LogP contribution in [0.4, 0.5) is 0 Å². The van der Waals surface area contributed by atoms with Gasteiger partial charge in [-0.25, -0.2) is 18.2 Å². The van der Waals surface area contributed by atoms with Crippen molar-refractivity contribution < 1.29 is 23.4 Å². The number of sulfonamides is 1. The summed E-state index contributed by atoms with van der Waals surface area (Å²) in [5, 5.41) is 17.9. The molecule has 0 saturated heterocycles. The first-order valence-electron chi connectivity index (χ1n) is 6.28. The standard InChI is InChI=1S/C11H16N2O5S2/c14-6-2-5-13(8-3-1-4-8)20(17,18)11-9(10(15)16)12-7-19-11/h7-8,14H,1-6H2,(H,15,16). The molecule has 1 aromatic heterocycles. The zero-order chi connectivity index (χ0) is 14.8. The number of carbonyl (C=O) groups is 1. The van der Waals surface area contributed by atoms with Crippen molar-refractivity contribution in [2.24, 2.45) is 0 Å². The topological polar surface area (TPSA) is 108 Å². The van der Waals surface area contributed by atoms with Gasteiger partial charge in [-0.2, -0.15) is 4.31 Å². The van der Waals surface area contributed by atoms with Gasteiger partial charge in [-0.15, -0.1) is 11.3 Å². The van der Waals surface area contributed by atoms with Crippen molar-refractivity contribution >= 4 is 27.3 Å². The highest BCUT2D eigenvalue weighted by molar-refractivity contribution is 7.91. The van der Waals surface area contributed by atoms with E-state index in [1.165, 1.54) is 9.82 Å². The average Bonchev–Trinajstić information content (AvgIpc) is 2.81. The number of carboxylic acids is 1. The normalized spacial score (nSPS) is 16.3. The van der Waals surface area contributed by atoms with Gasteiger partial charge < -0.3 is 10.2 Å². The van der Waals surface area contributed by atoms with Crippen molar-refractivity contribution in [1.29, 1.82) is 0 Å². The van der Waals surface area contributed by atoms with E-state index in [4.69, 9.17) is 10.2 Å². The lowest BCUT2D eigenvalue weighted by atomic mass is 9.93. The van der Waals surface area contributed by atoms with Gasteiger partial charge in [0.15, 0.2) is 9.90 Å². The van der Waals surface area contributed by atoms with Crippen LogP contribution in [0, 0.1) is 0 Å². The Hall–Kier alpha value is -1.03. The van der Waals surface area contributed by atoms with Crippen LogP contribution in [-0.2, 0) is 10.0 Å². The van der Waals surface area contributed by atoms with Gasteiger partial charge in [-0.05, 0) is 19.3 Å². The molecule has 0 bridgehead atoms. The summed E-state index contributed by atoms with van der Waals surface area (Å²) in [6.07, 6.45) is 2.83. The summed E-state index contributed by atoms with van der Waals surface area (Å²) < 4.78 is 26.3. The predicted molar refractivity (Wildman–Crippen MR) is 72.3 cm³/mol. The molecule has 0 spiro atoms. The summed E-state index contributed by atoms with van der Waals surface area (Å²) in [5.74, 6) is -1.35. The highest BCUT2D eigenvalue weighted by Gasteiger charge is 2.37. The number of hydrogen-bond donors (Lipinski definition) is 2. The third kappa shape index (κ3) is 2.85. The molecule has 1 fully saturated rings. The summed E-state index contributed by atoms with van der Waals surface area (Å²) in [6.45, 7) is 0.0909. The van der Waals surface area contributed by atoms with Gasteiger partial charge in [0.1, 0.15) is 0 Å². The van der Waals surface area contributed by atoms with Gasteiger partial charge in [-0.3, -0.25) is 0 Å². The first-order chi connectivity index (χ1) is 9.48. The molecule has 1 aromatic rings. The van der Waals surface area contributed by atoms with Crippen LogP contribution < -0.4 is 0 Å². The maximum absolute atomic E-state index is 12.6. The van der Waals surface area contributed by atoms with Crippen LogP contribution in [-0.4, -0.2) is 53.1 Å². The Bertz CT molecular complexity index is 579. The Morgan fingerprint density at radius 3 is 2.70 bits per heavy atom. The van der Waals surface area contributed by atoms with Crippen LogP contribution in [0.1, 0.15) is 36.2 Å². The molecule has 0 amide bonds. The summed E-state index contributed by atoms with van der Waals surface area (Å²) in [4.78, 5) is 14.7. The molecule has 7 nitrogen and oxygen atoms in total. The molecule has 1 aliphatic rings. The van der Waals surface area contributed by atoms with Crippen molar-refractivity contribution in [3.63, 3.8) is 0 Å². The molecule has 2 rings (SSSR count). The molecule has 20 heavy (non-hydrogen) atoms. The second kappa shape index (κ2) is 6.17. The van der Waals surface area contributed by atoms with E-state index in [9.17, 15) is 13.2 Å². The van der Waals surface area contributed by atoms with Crippen LogP contribution in [0.2, 0.25) is 0 Å². The lowest BCUT2D eigenvalue weighted by Crippen LogP contribution is -2.44. The molecular weight excluding hydrogens is 304 g/mol. The van der Waals surface area contributed by atoms with E-state index < -0.39 is 21.7 Å². The minimum Gasteiger partial charge on any atom is -0.476 e. The van der Waals surface area contributed by atoms with Gasteiger partial charge >= 0.3 is 5.97 Å². The molecule has 1 saturated carbocycles. The van der Waals surface area contributed by atoms with E-state index >= 15 is 0 Å². The lowest BCUT2D eigenvalue weighted by molar-refractivity contribution is 0.0687. The fourth-order valence-electron chi connectivity index (χ4n) is 2.07. The van der Waals surface area contributed by atoms with Gasteiger partial charge in [-0.1, -0.05) is 6.42 Å². The highest BCUT2D eigenvalue weighted by Crippen LogP contribution is 2.32. The second-order valence-electron chi connectivity index (χ2n) is 4.57. The maximum atomic E-state index is 12.6. The fraction of sp³-hybridized carbons (Fsp3) is 0.636. The Kier molecular flexibility index (Phi) is 4.74. The monoisotopic (exact) mass is 320 g/mol. The molecule has 0 aromatic carbocycles. The number of carboxylic acid groups (broad SMARTS) is 1. The summed E-state index contributed by atoms with van der Waals surface area (Å²) in [7, 11) is -3.87. The third-order valence-corrected chi connectivity index (χ3v) is 6.60. The van der Waals surface area contributed by atoms with E-state index in [2.05, 4.69) is 4.98 Å². The van der Waals surface area contributed by atoms with Crippen molar-refractivity contribution in [3.05, 3.63) is 11.2 Å². The van der Waals surface area contributed by atoms with E-state index in [0.717, 1.165) is 30.6 Å². The Balaban J connectivity index is 2.34. The molecule has 0 aliphatic heterocycles. The summed E-state index contributed by atoms with van der Waals surface area (Å²) in [6, 6.07) is -0.102. The van der Waals surface area contributed by atoms with Crippen LogP contribution in [0.15, 0.2) is 9.72 Å². The molecule has 1 aliphatic carbocycles. The van der Waals surface area contributed by atoms with Crippen LogP contribution in [0.25, 0.3) is 0 Å². The van der Waals surface area contributed by atoms with Crippen molar-refractivity contribution in [2.45, 2.75) is 35.9 Å². The molecule has 2 N–H and O–H groups in total. The van der Waals surface area contributed by atoms with Gasteiger partial charge in [0.25, 0.3) is 10.0 Å². The molecular formula is C11H16N2O5S2. The number of aliphatic hydroxyl groups excluding tert-OH is 1. The van der Waals surface area contributed by atoms with Gasteiger partial charge in [0, 0.05) is 19.2 Å². The number of aromatic carboxylic acids is 1. The van der Waals surface area contributed by atoms with E-state index in [0.29, 0.717) is 6.42 Å². The third-order valence-electron chi connectivity index (χ3n) is 3.30. The SMILES string of the molecule is O=C(O)c1ncsc1S(=O)(=O)N(CCCO)C1CCC1. The Labute approximate surface area is 120 Å². The largest absolute Gasteiger partial charge is 0.476 e. The van der Waals surface area contributed by atoms with Crippen LogP contribution in [0.5, 0.6) is 0 Å². The minimum absolute atomic E-state index is 0.102. The lowest BCUT2D eigenvalue weighted by Gasteiger charge is -2.36. The maximum Gasteiger partial charge on any atom is 0.356 e. The van der Waals surface area contributed by atoms with Gasteiger partial charge in [0.2, 0.25) is 0 Å². The highest BCUT2D eigenvalue weighted by atomic mass is 32.2. The minimum atomic E-state index is -3.87. The first-order valence-corrected chi connectivity index (χ1v) is 8.60. The number of hydrogen-bond acceptors (Lipinski definition) is 6. The smallest absolute Gasteiger partial charge is 0.356 e. The average molecular weight is 320 g/mol. The molecule has 0 atom stereocenters. The Morgan fingerprint density at radius 1 is 1.50 bits per heavy atom. The van der Waals surface area contributed by atoms with Crippen molar-refractivity contribution in [3.8, 4) is 0 Å². The van der Waals surface area contributed by atoms with E-state index in [1.807, 2.05) is 0 Å². The van der Waals surface area contributed by atoms with Crippen molar-refractivity contribution in [1.82, 2.24) is 9.29 Å². The number of aliphatic hydroxyl groups is 1. The van der Waals surface area contributed by atoms with E-state index in [1.54, 1.807) is 0 Å².